The quantitative estimate of drug-likeness (QED) is 0.697. The van der Waals surface area contributed by atoms with Gasteiger partial charge in [-0.2, -0.15) is 0 Å². The summed E-state index contributed by atoms with van der Waals surface area (Å²) in [5, 5.41) is 1.22. The number of alkyl halides is 1. The predicted molar refractivity (Wildman–Crippen MR) is 63.3 cm³/mol. The average molecular weight is 218 g/mol. The molecule has 2 aromatic rings. The largest absolute Gasteiger partial charge is 0.256 e. The van der Waals surface area contributed by atoms with Crippen molar-refractivity contribution in [3.05, 3.63) is 41.6 Å². The van der Waals surface area contributed by atoms with Crippen molar-refractivity contribution in [2.45, 2.75) is 24.6 Å². The van der Waals surface area contributed by atoms with Crippen LogP contribution in [0.25, 0.3) is 10.9 Å². The fourth-order valence-electron chi connectivity index (χ4n) is 2.11. The average Bonchev–Trinajstić information content (AvgIpc) is 3.11. The molecule has 0 aliphatic heterocycles. The number of hydrogen-bond acceptors (Lipinski definition) is 1. The van der Waals surface area contributed by atoms with E-state index in [0.717, 1.165) is 11.4 Å². The Balaban J connectivity index is 2.29. The Morgan fingerprint density at radius 3 is 2.80 bits per heavy atom. The third-order valence-corrected chi connectivity index (χ3v) is 3.34. The molecule has 0 radical (unpaired) electrons. The van der Waals surface area contributed by atoms with E-state index in [9.17, 15) is 0 Å². The van der Waals surface area contributed by atoms with E-state index in [-0.39, 0.29) is 0 Å². The van der Waals surface area contributed by atoms with Crippen LogP contribution in [-0.2, 0) is 5.88 Å². The van der Waals surface area contributed by atoms with Crippen LogP contribution < -0.4 is 0 Å². The summed E-state index contributed by atoms with van der Waals surface area (Å²) in [4.78, 5) is 4.49. The van der Waals surface area contributed by atoms with Crippen molar-refractivity contribution in [2.75, 3.05) is 0 Å². The third-order valence-electron chi connectivity index (χ3n) is 3.07. The molecule has 3 rings (SSSR count). The fraction of sp³-hybridized carbons (Fsp3) is 0.308. The van der Waals surface area contributed by atoms with Crippen molar-refractivity contribution < 1.29 is 0 Å². The van der Waals surface area contributed by atoms with Crippen LogP contribution in [-0.4, -0.2) is 4.98 Å². The van der Waals surface area contributed by atoms with Gasteiger partial charge in [0.15, 0.2) is 0 Å². The van der Waals surface area contributed by atoms with Crippen molar-refractivity contribution in [1.82, 2.24) is 4.98 Å². The highest BCUT2D eigenvalue weighted by molar-refractivity contribution is 6.18. The Kier molecular flexibility index (Phi) is 2.14. The van der Waals surface area contributed by atoms with Crippen LogP contribution in [0.3, 0.4) is 0 Å². The Bertz CT molecular complexity index is 503. The Morgan fingerprint density at radius 1 is 1.27 bits per heavy atom. The maximum absolute atomic E-state index is 6.06. The monoisotopic (exact) mass is 217 g/mol. The second kappa shape index (κ2) is 3.49. The van der Waals surface area contributed by atoms with Crippen molar-refractivity contribution >= 4 is 22.5 Å². The minimum absolute atomic E-state index is 0.592. The molecule has 1 aromatic heterocycles. The topological polar surface area (TPSA) is 12.9 Å². The highest BCUT2D eigenvalue weighted by Gasteiger charge is 2.26. The second-order valence-corrected chi connectivity index (χ2v) is 4.38. The molecule has 0 bridgehead atoms. The number of para-hydroxylation sites is 1. The van der Waals surface area contributed by atoms with Crippen LogP contribution >= 0.6 is 11.6 Å². The number of pyridine rings is 1. The zero-order chi connectivity index (χ0) is 10.3. The molecule has 1 aliphatic rings. The molecule has 1 heterocycles. The predicted octanol–water partition coefficient (Wildman–Crippen LogP) is 3.85. The summed E-state index contributed by atoms with van der Waals surface area (Å²) in [5.41, 5.74) is 3.70. The molecule has 1 fully saturated rings. The van der Waals surface area contributed by atoms with Crippen LogP contribution in [0.4, 0.5) is 0 Å². The molecule has 1 aromatic carbocycles. The summed E-state index contributed by atoms with van der Waals surface area (Å²) in [6, 6.07) is 8.23. The number of benzene rings is 1. The number of fused-ring (bicyclic) bond motifs is 1. The molecule has 15 heavy (non-hydrogen) atoms. The number of aromatic nitrogens is 1. The molecular formula is C13H12ClN. The SMILES string of the molecule is ClCc1c(C2CC2)cnc2ccccc12. The molecule has 2 heteroatoms. The fourth-order valence-corrected chi connectivity index (χ4v) is 2.41. The number of rotatable bonds is 2. The van der Waals surface area contributed by atoms with Gasteiger partial charge in [-0.3, -0.25) is 4.98 Å². The summed E-state index contributed by atoms with van der Waals surface area (Å²) in [6.07, 6.45) is 4.60. The third kappa shape index (κ3) is 1.51. The molecule has 0 amide bonds. The van der Waals surface area contributed by atoms with Gasteiger partial charge in [0, 0.05) is 17.5 Å². The Morgan fingerprint density at radius 2 is 2.07 bits per heavy atom. The van der Waals surface area contributed by atoms with Crippen LogP contribution in [0, 0.1) is 0 Å². The van der Waals surface area contributed by atoms with Crippen molar-refractivity contribution in [1.29, 1.82) is 0 Å². The van der Waals surface area contributed by atoms with Gasteiger partial charge in [0.2, 0.25) is 0 Å². The van der Waals surface area contributed by atoms with Gasteiger partial charge in [0.25, 0.3) is 0 Å². The van der Waals surface area contributed by atoms with E-state index in [1.54, 1.807) is 0 Å². The van der Waals surface area contributed by atoms with Gasteiger partial charge in [0.1, 0.15) is 0 Å². The molecule has 1 saturated carbocycles. The molecule has 0 spiro atoms. The van der Waals surface area contributed by atoms with Crippen molar-refractivity contribution in [3.63, 3.8) is 0 Å². The standard InChI is InChI=1S/C13H12ClN/c14-7-11-10-3-1-2-4-13(10)15-8-12(11)9-5-6-9/h1-4,8-9H,5-7H2. The number of halogens is 1. The van der Waals surface area contributed by atoms with Gasteiger partial charge >= 0.3 is 0 Å². The normalized spacial score (nSPS) is 15.8. The van der Waals surface area contributed by atoms with E-state index >= 15 is 0 Å². The summed E-state index contributed by atoms with van der Waals surface area (Å²) in [6.45, 7) is 0. The first-order valence-electron chi connectivity index (χ1n) is 5.32. The first-order chi connectivity index (χ1) is 7.40. The zero-order valence-electron chi connectivity index (χ0n) is 8.41. The lowest BCUT2D eigenvalue weighted by atomic mass is 10.0. The van der Waals surface area contributed by atoms with E-state index in [4.69, 9.17) is 11.6 Å². The van der Waals surface area contributed by atoms with Crippen molar-refractivity contribution in [2.24, 2.45) is 0 Å². The summed E-state index contributed by atoms with van der Waals surface area (Å²) in [7, 11) is 0. The van der Waals surface area contributed by atoms with Crippen LogP contribution in [0.2, 0.25) is 0 Å². The smallest absolute Gasteiger partial charge is 0.0705 e. The highest BCUT2D eigenvalue weighted by Crippen LogP contribution is 2.43. The van der Waals surface area contributed by atoms with Crippen LogP contribution in [0.5, 0.6) is 0 Å². The molecule has 76 valence electrons. The van der Waals surface area contributed by atoms with Gasteiger partial charge in [0.05, 0.1) is 5.52 Å². The van der Waals surface area contributed by atoms with Gasteiger partial charge < -0.3 is 0 Å². The molecule has 0 unspecified atom stereocenters. The lowest BCUT2D eigenvalue weighted by Gasteiger charge is -2.08. The number of hydrogen-bond donors (Lipinski definition) is 0. The molecule has 0 atom stereocenters. The Labute approximate surface area is 94.1 Å². The highest BCUT2D eigenvalue weighted by atomic mass is 35.5. The van der Waals surface area contributed by atoms with E-state index in [2.05, 4.69) is 17.1 Å². The molecular weight excluding hydrogens is 206 g/mol. The molecule has 1 aliphatic carbocycles. The van der Waals surface area contributed by atoms with E-state index in [1.165, 1.54) is 29.4 Å². The second-order valence-electron chi connectivity index (χ2n) is 4.12. The van der Waals surface area contributed by atoms with Crippen LogP contribution in [0.15, 0.2) is 30.5 Å². The lowest BCUT2D eigenvalue weighted by Crippen LogP contribution is -1.93. The van der Waals surface area contributed by atoms with Gasteiger partial charge in [-0.1, -0.05) is 18.2 Å². The van der Waals surface area contributed by atoms with Gasteiger partial charge in [-0.25, -0.2) is 0 Å². The van der Waals surface area contributed by atoms with Gasteiger partial charge in [-0.05, 0) is 36.0 Å². The summed E-state index contributed by atoms with van der Waals surface area (Å²) in [5.74, 6) is 1.31. The Hall–Kier alpha value is -1.08. The first-order valence-corrected chi connectivity index (χ1v) is 5.86. The van der Waals surface area contributed by atoms with Crippen LogP contribution in [0.1, 0.15) is 29.9 Å². The minimum atomic E-state index is 0.592. The maximum Gasteiger partial charge on any atom is 0.0705 e. The summed E-state index contributed by atoms with van der Waals surface area (Å²) < 4.78 is 0. The lowest BCUT2D eigenvalue weighted by molar-refractivity contribution is 1.07. The van der Waals surface area contributed by atoms with E-state index < -0.39 is 0 Å². The first kappa shape index (κ1) is 9.17. The van der Waals surface area contributed by atoms with E-state index in [1.807, 2.05) is 18.3 Å². The molecule has 0 saturated heterocycles. The summed E-state index contributed by atoms with van der Waals surface area (Å²) >= 11 is 6.06. The van der Waals surface area contributed by atoms with Gasteiger partial charge in [-0.15, -0.1) is 11.6 Å². The van der Waals surface area contributed by atoms with E-state index in [0.29, 0.717) is 5.88 Å². The number of nitrogens with zero attached hydrogens (tertiary/aromatic N) is 1. The zero-order valence-corrected chi connectivity index (χ0v) is 9.17. The molecule has 0 N–H and O–H groups in total. The maximum atomic E-state index is 6.06. The molecule has 1 nitrogen and oxygen atoms in total. The minimum Gasteiger partial charge on any atom is -0.256 e. The van der Waals surface area contributed by atoms with Crippen molar-refractivity contribution in [3.8, 4) is 0 Å².